The normalized spacial score (nSPS) is 12.0. The molecule has 0 aliphatic rings. The van der Waals surface area contributed by atoms with E-state index in [9.17, 15) is 5.21 Å². The van der Waals surface area contributed by atoms with Crippen molar-refractivity contribution in [2.75, 3.05) is 21.1 Å². The number of hydrogen-bond donors (Lipinski definition) is 0. The molecule has 0 saturated carbocycles. The van der Waals surface area contributed by atoms with Crippen molar-refractivity contribution in [1.29, 1.82) is 0 Å². The first-order valence-corrected chi connectivity index (χ1v) is 1.52. The Labute approximate surface area is 35.2 Å². The van der Waals surface area contributed by atoms with Gasteiger partial charge in [0.05, 0.1) is 21.1 Å². The van der Waals surface area contributed by atoms with Crippen LogP contribution >= 0.6 is 0 Å². The van der Waals surface area contributed by atoms with Gasteiger partial charge in [0.1, 0.15) is 0 Å². The number of hydrogen-bond acceptors (Lipinski definition) is 1. The second-order valence-electron chi connectivity index (χ2n) is 1.89. The second kappa shape index (κ2) is 0.954. The smallest absolute Gasteiger partial charge is 0.0674 e. The summed E-state index contributed by atoms with van der Waals surface area (Å²) in [4.78, 5) is 0. The molecule has 2 nitrogen and oxygen atoms in total. The molecule has 0 heterocycles. The highest BCUT2D eigenvalue weighted by Crippen LogP contribution is 1.77. The van der Waals surface area contributed by atoms with Crippen LogP contribution in [0.25, 0.3) is 0 Å². The first-order valence-electron chi connectivity index (χ1n) is 1.52. The van der Waals surface area contributed by atoms with E-state index in [1.807, 2.05) is 0 Å². The molecule has 0 N–H and O–H groups in total. The lowest BCUT2D eigenvalue weighted by Crippen LogP contribution is -2.25. The predicted molar refractivity (Wildman–Crippen MR) is 25.6 cm³/mol. The minimum Gasteiger partial charge on any atom is -0.633 e. The quantitative estimate of drug-likeness (QED) is 0.309. The van der Waals surface area contributed by atoms with E-state index < -0.39 is 0 Å². The third kappa shape index (κ3) is 2260. The molecule has 0 unspecified atom stereocenters. The zero-order valence-corrected chi connectivity index (χ0v) is 3.86. The average Bonchev–Trinajstić information content (AvgIpc) is 0.722. The molecule has 0 rings (SSSR count). The molecule has 36 valence electrons. The Balaban J connectivity index is -0.0000000800. The fraction of sp³-hybridized carbons (Fsp3) is 1.00. The third-order valence-corrected chi connectivity index (χ3v) is 0. The zero-order chi connectivity index (χ0) is 4.50. The standard InChI is InChI=1S/C3H9NO.2H2/c1-4(2,3)5;;/h1-3H3;2*1H. The van der Waals surface area contributed by atoms with Gasteiger partial charge in [-0.2, -0.15) is 0 Å². The van der Waals surface area contributed by atoms with Crippen molar-refractivity contribution in [3.05, 3.63) is 5.21 Å². The Kier molecular flexibility index (Phi) is 0.938. The molecule has 2 heteroatoms. The Morgan fingerprint density at radius 1 is 1.40 bits per heavy atom. The van der Waals surface area contributed by atoms with E-state index in [0.29, 0.717) is 0 Å². The molecule has 0 bridgehead atoms. The van der Waals surface area contributed by atoms with Crippen molar-refractivity contribution in [2.24, 2.45) is 0 Å². The molecule has 0 aliphatic carbocycles. The van der Waals surface area contributed by atoms with Gasteiger partial charge in [-0.05, 0) is 0 Å². The summed E-state index contributed by atoms with van der Waals surface area (Å²) in [5, 5.41) is 10.0. The van der Waals surface area contributed by atoms with Gasteiger partial charge in [0.15, 0.2) is 0 Å². The van der Waals surface area contributed by atoms with E-state index in [0.717, 1.165) is 0 Å². The highest BCUT2D eigenvalue weighted by molar-refractivity contribution is 4.05. The van der Waals surface area contributed by atoms with Crippen LogP contribution in [0.3, 0.4) is 0 Å². The fourth-order valence-electron chi connectivity index (χ4n) is 0. The number of nitrogens with zero attached hydrogens (tertiary/aromatic N) is 1. The molecule has 0 aromatic rings. The molecule has 0 saturated heterocycles. The molecule has 0 fully saturated rings. The predicted octanol–water partition coefficient (Wildman–Crippen LogP) is 0.682. The van der Waals surface area contributed by atoms with E-state index in [-0.39, 0.29) is 7.50 Å². The average molecular weight is 79.1 g/mol. The van der Waals surface area contributed by atoms with Gasteiger partial charge < -0.3 is 9.85 Å². The van der Waals surface area contributed by atoms with Gasteiger partial charge in [0, 0.05) is 2.85 Å². The van der Waals surface area contributed by atoms with Gasteiger partial charge in [-0.15, -0.1) is 0 Å². The SMILES string of the molecule is C[N+](C)(C)[O-].[HH].[HH]. The fourth-order valence-corrected chi connectivity index (χ4v) is 0. The van der Waals surface area contributed by atoms with Crippen LogP contribution in [-0.2, 0) is 0 Å². The molecule has 5 heavy (non-hydrogen) atoms. The lowest BCUT2D eigenvalue weighted by atomic mass is 11.0. The minimum atomic E-state index is -0.250. The van der Waals surface area contributed by atoms with Crippen LogP contribution in [0.4, 0.5) is 0 Å². The van der Waals surface area contributed by atoms with E-state index >= 15 is 0 Å². The van der Waals surface area contributed by atoms with E-state index in [1.165, 1.54) is 0 Å². The topological polar surface area (TPSA) is 23.1 Å². The second-order valence-corrected chi connectivity index (χ2v) is 1.89. The summed E-state index contributed by atoms with van der Waals surface area (Å²) in [6.45, 7) is 0. The van der Waals surface area contributed by atoms with E-state index in [2.05, 4.69) is 0 Å². The molecule has 0 radical (unpaired) electrons. The maximum atomic E-state index is 10.0. The molecule has 0 aliphatic heterocycles. The van der Waals surface area contributed by atoms with Crippen molar-refractivity contribution >= 4 is 0 Å². The number of rotatable bonds is 0. The van der Waals surface area contributed by atoms with Crippen LogP contribution in [0.1, 0.15) is 2.85 Å². The molecule has 0 spiro atoms. The van der Waals surface area contributed by atoms with E-state index in [1.54, 1.807) is 21.1 Å². The summed E-state index contributed by atoms with van der Waals surface area (Å²) in [6, 6.07) is 0. The monoisotopic (exact) mass is 79.1 g/mol. The number of quaternary nitrogens is 1. The Morgan fingerprint density at radius 2 is 1.40 bits per heavy atom. The molecular formula is C3H13NO. The van der Waals surface area contributed by atoms with Crippen molar-refractivity contribution in [1.82, 2.24) is 0 Å². The summed E-state index contributed by atoms with van der Waals surface area (Å²) in [6.07, 6.45) is 0. The Bertz CT molecular complexity index is 28.4. The van der Waals surface area contributed by atoms with Gasteiger partial charge in [-0.3, -0.25) is 0 Å². The summed E-state index contributed by atoms with van der Waals surface area (Å²) in [5.74, 6) is 0. The van der Waals surface area contributed by atoms with E-state index in [4.69, 9.17) is 0 Å². The first kappa shape index (κ1) is 4.92. The first-order chi connectivity index (χ1) is 2.00. The molecule has 0 atom stereocenters. The lowest BCUT2D eigenvalue weighted by molar-refractivity contribution is -0.818. The number of hydroxylamine groups is 3. The third-order valence-electron chi connectivity index (χ3n) is 0. The Morgan fingerprint density at radius 3 is 1.40 bits per heavy atom. The molecule has 0 aromatic carbocycles. The molecular weight excluding hydrogens is 66.0 g/mol. The molecule has 0 amide bonds. The lowest BCUT2D eigenvalue weighted by Gasteiger charge is -2.27. The molecule has 0 aromatic heterocycles. The van der Waals surface area contributed by atoms with Crippen molar-refractivity contribution in [3.63, 3.8) is 0 Å². The summed E-state index contributed by atoms with van der Waals surface area (Å²) in [5.41, 5.74) is 0. The van der Waals surface area contributed by atoms with Crippen LogP contribution in [-0.4, -0.2) is 25.8 Å². The zero-order valence-electron chi connectivity index (χ0n) is 3.86. The van der Waals surface area contributed by atoms with Crippen molar-refractivity contribution in [3.8, 4) is 0 Å². The van der Waals surface area contributed by atoms with Crippen LogP contribution in [0.2, 0.25) is 0 Å². The van der Waals surface area contributed by atoms with Crippen LogP contribution < -0.4 is 0 Å². The minimum absolute atomic E-state index is 0. The van der Waals surface area contributed by atoms with Crippen LogP contribution in [0, 0.1) is 5.21 Å². The van der Waals surface area contributed by atoms with Gasteiger partial charge in [0.2, 0.25) is 0 Å². The van der Waals surface area contributed by atoms with Gasteiger partial charge in [-0.25, -0.2) is 0 Å². The van der Waals surface area contributed by atoms with Gasteiger partial charge >= 0.3 is 0 Å². The van der Waals surface area contributed by atoms with Crippen LogP contribution in [0.5, 0.6) is 0 Å². The Hall–Kier alpha value is -0.0800. The summed E-state index contributed by atoms with van der Waals surface area (Å²) >= 11 is 0. The largest absolute Gasteiger partial charge is 0.633 e. The van der Waals surface area contributed by atoms with Crippen LogP contribution in [0.15, 0.2) is 0 Å². The highest BCUT2D eigenvalue weighted by Gasteiger charge is 1.79. The maximum absolute atomic E-state index is 10.0. The van der Waals surface area contributed by atoms with Gasteiger partial charge in [-0.1, -0.05) is 0 Å². The summed E-state index contributed by atoms with van der Waals surface area (Å²) in [7, 11) is 4.71. The van der Waals surface area contributed by atoms with Crippen molar-refractivity contribution < 1.29 is 7.50 Å². The highest BCUT2D eigenvalue weighted by atomic mass is 16.5. The van der Waals surface area contributed by atoms with Crippen molar-refractivity contribution in [2.45, 2.75) is 0 Å². The van der Waals surface area contributed by atoms with Gasteiger partial charge in [0.25, 0.3) is 0 Å². The summed E-state index contributed by atoms with van der Waals surface area (Å²) < 4.78 is -0.250. The maximum Gasteiger partial charge on any atom is 0.0674 e.